The van der Waals surface area contributed by atoms with Crippen molar-refractivity contribution in [1.82, 2.24) is 4.68 Å². The lowest BCUT2D eigenvalue weighted by Crippen LogP contribution is -2.12. The van der Waals surface area contributed by atoms with E-state index < -0.39 is 4.92 Å². The number of thiazole rings is 1. The molecule has 0 bridgehead atoms. The summed E-state index contributed by atoms with van der Waals surface area (Å²) in [5.74, 6) is 1.60. The topological polar surface area (TPSA) is 100 Å². The number of methoxy groups -OCH3 is 1. The third-order valence-electron chi connectivity index (χ3n) is 5.35. The van der Waals surface area contributed by atoms with Gasteiger partial charge in [-0.1, -0.05) is 18.2 Å². The van der Waals surface area contributed by atoms with Crippen LogP contribution in [0.2, 0.25) is 0 Å². The fourth-order valence-electron chi connectivity index (χ4n) is 3.69. The molecule has 0 atom stereocenters. The number of aromatic nitrogens is 1. The predicted octanol–water partition coefficient (Wildman–Crippen LogP) is 4.82. The molecule has 1 aliphatic rings. The molecule has 1 aliphatic heterocycles. The van der Waals surface area contributed by atoms with E-state index in [1.54, 1.807) is 17.9 Å². The number of benzene rings is 3. The van der Waals surface area contributed by atoms with Gasteiger partial charge in [0.25, 0.3) is 5.69 Å². The maximum absolute atomic E-state index is 11.6. The first kappa shape index (κ1) is 21.7. The molecule has 3 aromatic carbocycles. The van der Waals surface area contributed by atoms with E-state index in [0.717, 1.165) is 27.8 Å². The molecule has 2 heterocycles. The van der Waals surface area contributed by atoms with Crippen LogP contribution < -0.4 is 19.0 Å². The molecule has 0 radical (unpaired) electrons. The van der Waals surface area contributed by atoms with E-state index in [-0.39, 0.29) is 12.5 Å². The number of nitro groups is 1. The van der Waals surface area contributed by atoms with Crippen molar-refractivity contribution in [3.63, 3.8) is 0 Å². The zero-order chi connectivity index (χ0) is 23.7. The molecule has 0 spiro atoms. The number of ether oxygens (including phenoxy) is 3. The van der Waals surface area contributed by atoms with Gasteiger partial charge >= 0.3 is 0 Å². The minimum absolute atomic E-state index is 0.0316. The first-order chi connectivity index (χ1) is 16.6. The van der Waals surface area contributed by atoms with Gasteiger partial charge in [-0.15, -0.1) is 11.3 Å². The van der Waals surface area contributed by atoms with Crippen LogP contribution >= 0.6 is 11.3 Å². The Morgan fingerprint density at radius 2 is 1.91 bits per heavy atom. The maximum atomic E-state index is 11.6. The highest BCUT2D eigenvalue weighted by molar-refractivity contribution is 7.07. The molecule has 0 aliphatic carbocycles. The minimum atomic E-state index is -0.461. The van der Waals surface area contributed by atoms with Crippen LogP contribution in [-0.4, -0.2) is 36.3 Å². The zero-order valence-electron chi connectivity index (χ0n) is 18.4. The monoisotopic (exact) mass is 476 g/mol. The molecule has 0 saturated carbocycles. The highest BCUT2D eigenvalue weighted by atomic mass is 32.1. The van der Waals surface area contributed by atoms with Crippen LogP contribution in [0.4, 0.5) is 5.69 Å². The van der Waals surface area contributed by atoms with Crippen LogP contribution in [0.3, 0.4) is 0 Å². The first-order valence-electron chi connectivity index (χ1n) is 10.5. The third kappa shape index (κ3) is 3.99. The van der Waals surface area contributed by atoms with Crippen molar-refractivity contribution in [3.8, 4) is 28.5 Å². The Kier molecular flexibility index (Phi) is 5.72. The lowest BCUT2D eigenvalue weighted by molar-refractivity contribution is -0.385. The predicted molar refractivity (Wildman–Crippen MR) is 130 cm³/mol. The Morgan fingerprint density at radius 1 is 1.15 bits per heavy atom. The molecule has 4 aromatic rings. The SMILES string of the molecule is CCN=c1scc(-c2ccc3cc(OC)ccc3c2)n1N=Cc1cc2c(cc1[N+](=O)[O-])OCO2. The summed E-state index contributed by atoms with van der Waals surface area (Å²) in [6, 6.07) is 14.9. The average Bonchev–Trinajstić information content (AvgIpc) is 3.48. The van der Waals surface area contributed by atoms with E-state index in [2.05, 4.69) is 16.2 Å². The Bertz CT molecular complexity index is 1510. The molecular formula is C24H20N4O5S. The third-order valence-corrected chi connectivity index (χ3v) is 6.21. The van der Waals surface area contributed by atoms with E-state index in [1.807, 2.05) is 42.6 Å². The van der Waals surface area contributed by atoms with Crippen LogP contribution in [0, 0.1) is 10.1 Å². The second-order valence-corrected chi connectivity index (χ2v) is 8.22. The Hall–Kier alpha value is -4.18. The molecule has 10 heteroatoms. The van der Waals surface area contributed by atoms with Crippen LogP contribution in [-0.2, 0) is 0 Å². The Balaban J connectivity index is 1.60. The summed E-state index contributed by atoms with van der Waals surface area (Å²) < 4.78 is 17.7. The number of nitro benzene ring substituents is 1. The van der Waals surface area contributed by atoms with Gasteiger partial charge in [-0.05, 0) is 42.0 Å². The Labute approximate surface area is 198 Å². The summed E-state index contributed by atoms with van der Waals surface area (Å²) in [5.41, 5.74) is 1.98. The second kappa shape index (κ2) is 8.99. The number of rotatable bonds is 6. The van der Waals surface area contributed by atoms with E-state index in [4.69, 9.17) is 14.2 Å². The summed E-state index contributed by atoms with van der Waals surface area (Å²) in [6.07, 6.45) is 1.46. The van der Waals surface area contributed by atoms with E-state index >= 15 is 0 Å². The van der Waals surface area contributed by atoms with Crippen molar-refractivity contribution in [1.29, 1.82) is 0 Å². The molecule has 172 valence electrons. The number of hydrogen-bond acceptors (Lipinski definition) is 8. The molecule has 1 aromatic heterocycles. The fourth-order valence-corrected chi connectivity index (χ4v) is 4.59. The van der Waals surface area contributed by atoms with Gasteiger partial charge in [0, 0.05) is 17.5 Å². The number of nitrogens with zero attached hydrogens (tertiary/aromatic N) is 4. The van der Waals surface area contributed by atoms with Crippen LogP contribution in [0.25, 0.3) is 22.0 Å². The summed E-state index contributed by atoms with van der Waals surface area (Å²) in [5, 5.41) is 20.3. The van der Waals surface area contributed by atoms with Gasteiger partial charge in [0.05, 0.1) is 35.6 Å². The molecule has 34 heavy (non-hydrogen) atoms. The smallest absolute Gasteiger partial charge is 0.282 e. The van der Waals surface area contributed by atoms with Gasteiger partial charge in [0.1, 0.15) is 5.75 Å². The molecule has 0 unspecified atom stereocenters. The summed E-state index contributed by atoms with van der Waals surface area (Å²) in [7, 11) is 1.64. The van der Waals surface area contributed by atoms with E-state index in [9.17, 15) is 10.1 Å². The number of fused-ring (bicyclic) bond motifs is 2. The summed E-state index contributed by atoms with van der Waals surface area (Å²) in [6.45, 7) is 2.56. The van der Waals surface area contributed by atoms with Crippen LogP contribution in [0.1, 0.15) is 12.5 Å². The standard InChI is InChI=1S/C24H20N4O5S/c1-3-25-24-27(26-12-18-10-22-23(33-14-32-22)11-20(18)28(29)30)21(13-34-24)17-5-4-16-9-19(31-2)7-6-15(16)8-17/h4-13H,3,14H2,1-2H3. The van der Waals surface area contributed by atoms with Gasteiger partial charge in [-0.3, -0.25) is 15.1 Å². The molecular weight excluding hydrogens is 456 g/mol. The minimum Gasteiger partial charge on any atom is -0.497 e. The van der Waals surface area contributed by atoms with Gasteiger partial charge in [-0.2, -0.15) is 5.10 Å². The van der Waals surface area contributed by atoms with Crippen molar-refractivity contribution in [2.45, 2.75) is 6.92 Å². The van der Waals surface area contributed by atoms with Crippen LogP contribution in [0.5, 0.6) is 17.2 Å². The van der Waals surface area contributed by atoms with Gasteiger partial charge in [0.2, 0.25) is 11.6 Å². The van der Waals surface area contributed by atoms with E-state index in [0.29, 0.717) is 28.4 Å². The van der Waals surface area contributed by atoms with Gasteiger partial charge < -0.3 is 14.2 Å². The van der Waals surface area contributed by atoms with Gasteiger partial charge in [0.15, 0.2) is 11.5 Å². The number of hydrogen-bond donors (Lipinski definition) is 0. The Morgan fingerprint density at radius 3 is 2.68 bits per heavy atom. The van der Waals surface area contributed by atoms with Gasteiger partial charge in [-0.25, -0.2) is 4.68 Å². The molecule has 5 rings (SSSR count). The highest BCUT2D eigenvalue weighted by Crippen LogP contribution is 2.37. The summed E-state index contributed by atoms with van der Waals surface area (Å²) in [4.78, 5) is 16.4. The summed E-state index contributed by atoms with van der Waals surface area (Å²) >= 11 is 1.46. The van der Waals surface area contributed by atoms with Crippen molar-refractivity contribution < 1.29 is 19.1 Å². The van der Waals surface area contributed by atoms with Crippen molar-refractivity contribution >= 4 is 34.0 Å². The zero-order valence-corrected chi connectivity index (χ0v) is 19.2. The lowest BCUT2D eigenvalue weighted by Gasteiger charge is -2.07. The largest absolute Gasteiger partial charge is 0.497 e. The fraction of sp³-hybridized carbons (Fsp3) is 0.167. The van der Waals surface area contributed by atoms with Crippen molar-refractivity contribution in [2.75, 3.05) is 20.4 Å². The quantitative estimate of drug-likeness (QED) is 0.226. The molecule has 9 nitrogen and oxygen atoms in total. The van der Waals surface area contributed by atoms with Crippen molar-refractivity contribution in [3.05, 3.63) is 74.4 Å². The van der Waals surface area contributed by atoms with E-state index in [1.165, 1.54) is 23.6 Å². The highest BCUT2D eigenvalue weighted by Gasteiger charge is 2.22. The van der Waals surface area contributed by atoms with Crippen LogP contribution in [0.15, 0.2) is 64.0 Å². The molecule has 0 fully saturated rings. The van der Waals surface area contributed by atoms with Crippen molar-refractivity contribution in [2.24, 2.45) is 10.1 Å². The molecule has 0 N–H and O–H groups in total. The maximum Gasteiger partial charge on any atom is 0.282 e. The normalized spacial score (nSPS) is 13.2. The first-order valence-corrected chi connectivity index (χ1v) is 11.4. The molecule has 0 amide bonds. The lowest BCUT2D eigenvalue weighted by atomic mass is 10.1. The second-order valence-electron chi connectivity index (χ2n) is 7.38. The average molecular weight is 477 g/mol. The molecule has 0 saturated heterocycles.